The van der Waals surface area contributed by atoms with E-state index in [0.717, 1.165) is 55.0 Å². The summed E-state index contributed by atoms with van der Waals surface area (Å²) in [4.78, 5) is 0. The van der Waals surface area contributed by atoms with Gasteiger partial charge in [0.05, 0.1) is 16.6 Å². The number of para-hydroxylation sites is 1. The second-order valence-corrected chi connectivity index (χ2v) is 12.6. The van der Waals surface area contributed by atoms with E-state index in [0.29, 0.717) is 11.3 Å². The van der Waals surface area contributed by atoms with E-state index in [1.807, 2.05) is 37.5 Å². The minimum atomic E-state index is -0.316. The number of nitrogens with zero attached hydrogens (tertiary/aromatic N) is 2. The smallest absolute Gasteiger partial charge is 0.216 e. The molecule has 3 heterocycles. The second-order valence-electron chi connectivity index (χ2n) is 12.6. The maximum absolute atomic E-state index is 16.4. The van der Waals surface area contributed by atoms with Crippen molar-refractivity contribution in [2.75, 3.05) is 0 Å². The summed E-state index contributed by atoms with van der Waals surface area (Å²) in [6.07, 6.45) is 2.04. The third kappa shape index (κ3) is 3.17. The number of pyridine rings is 1. The van der Waals surface area contributed by atoms with Gasteiger partial charge in [0.25, 0.3) is 0 Å². The summed E-state index contributed by atoms with van der Waals surface area (Å²) in [5, 5.41) is 4.08. The molecule has 8 aromatic rings. The number of aryl methyl sites for hydroxylation is 2. The predicted octanol–water partition coefficient (Wildman–Crippen LogP) is 9.93. The van der Waals surface area contributed by atoms with Gasteiger partial charge in [-0.2, -0.15) is 0 Å². The molecule has 4 heteroatoms. The molecule has 3 nitrogen and oxygen atoms in total. The molecule has 9 rings (SSSR count). The van der Waals surface area contributed by atoms with Gasteiger partial charge in [0.15, 0.2) is 17.6 Å². The Morgan fingerprint density at radius 2 is 1.43 bits per heavy atom. The highest BCUT2D eigenvalue weighted by Gasteiger charge is 2.36. The zero-order valence-electron chi connectivity index (χ0n) is 25.1. The van der Waals surface area contributed by atoms with Crippen LogP contribution in [0.5, 0.6) is 0 Å². The highest BCUT2D eigenvalue weighted by molar-refractivity contribution is 6.15. The molecule has 0 bridgehead atoms. The molecule has 0 N–H and O–H groups in total. The van der Waals surface area contributed by atoms with Crippen LogP contribution in [0.4, 0.5) is 4.39 Å². The Hall–Kier alpha value is -5.22. The molecular formula is C40H30FN2O+. The third-order valence-electron chi connectivity index (χ3n) is 9.85. The SMILES string of the molecule is Cc1ccc2c(oc3c(-n4c5ccccc5c5cc6c(cc54)-c4ccccc4C6(C)C)c(F)ccc32)c1-c1cccc[n+]1C. The summed E-state index contributed by atoms with van der Waals surface area (Å²) in [5.41, 5.74) is 11.8. The van der Waals surface area contributed by atoms with Gasteiger partial charge in [0.1, 0.15) is 18.3 Å². The lowest BCUT2D eigenvalue weighted by molar-refractivity contribution is -0.660. The zero-order chi connectivity index (χ0) is 29.9. The van der Waals surface area contributed by atoms with E-state index in [-0.39, 0.29) is 11.2 Å². The molecule has 5 aromatic carbocycles. The molecule has 212 valence electrons. The van der Waals surface area contributed by atoms with Crippen molar-refractivity contribution in [2.24, 2.45) is 7.05 Å². The third-order valence-corrected chi connectivity index (χ3v) is 9.85. The molecule has 44 heavy (non-hydrogen) atoms. The van der Waals surface area contributed by atoms with Crippen molar-refractivity contribution in [1.82, 2.24) is 4.57 Å². The quantitative estimate of drug-likeness (QED) is 0.189. The Bertz CT molecular complexity index is 2510. The Morgan fingerprint density at radius 1 is 0.682 bits per heavy atom. The number of benzene rings is 5. The first kappa shape index (κ1) is 25.3. The van der Waals surface area contributed by atoms with Gasteiger partial charge >= 0.3 is 0 Å². The Labute approximate surface area is 254 Å². The maximum Gasteiger partial charge on any atom is 0.216 e. The number of halogens is 1. The van der Waals surface area contributed by atoms with Gasteiger partial charge in [-0.25, -0.2) is 8.96 Å². The molecule has 0 saturated heterocycles. The predicted molar refractivity (Wildman–Crippen MR) is 177 cm³/mol. The molecular weight excluding hydrogens is 543 g/mol. The standard InChI is InChI=1S/C40H30FN2O/c1-23-16-17-26-27-18-19-32(41)37(39(27)44-38(26)36(23)34-15-9-10-20-42(34)4)43-33-14-8-6-12-25(33)29-21-31-28(22-35(29)43)24-11-5-7-13-30(24)40(31,2)3/h5-22H,1-4H3/q+1. The van der Waals surface area contributed by atoms with Crippen LogP contribution in [0.15, 0.2) is 114 Å². The number of furan rings is 1. The molecule has 0 radical (unpaired) electrons. The topological polar surface area (TPSA) is 21.9 Å². The van der Waals surface area contributed by atoms with E-state index in [4.69, 9.17) is 4.42 Å². The Balaban J connectivity index is 1.42. The molecule has 0 aliphatic heterocycles. The molecule has 1 aliphatic rings. The number of fused-ring (bicyclic) bond motifs is 9. The van der Waals surface area contributed by atoms with Crippen LogP contribution >= 0.6 is 0 Å². The van der Waals surface area contributed by atoms with Gasteiger partial charge in [-0.05, 0) is 71.1 Å². The minimum Gasteiger partial charge on any atom is -0.453 e. The fourth-order valence-corrected chi connectivity index (χ4v) is 7.68. The average Bonchev–Trinajstić information content (AvgIpc) is 3.63. The van der Waals surface area contributed by atoms with Crippen molar-refractivity contribution in [3.63, 3.8) is 0 Å². The largest absolute Gasteiger partial charge is 0.453 e. The first-order valence-electron chi connectivity index (χ1n) is 15.1. The number of rotatable bonds is 2. The van der Waals surface area contributed by atoms with Gasteiger partial charge in [-0.3, -0.25) is 0 Å². The van der Waals surface area contributed by atoms with Crippen LogP contribution in [0.1, 0.15) is 30.5 Å². The summed E-state index contributed by atoms with van der Waals surface area (Å²) in [6, 6.07) is 35.4. The van der Waals surface area contributed by atoms with Gasteiger partial charge in [0.2, 0.25) is 5.69 Å². The number of hydrogen-bond donors (Lipinski definition) is 0. The summed E-state index contributed by atoms with van der Waals surface area (Å²) >= 11 is 0. The summed E-state index contributed by atoms with van der Waals surface area (Å²) in [7, 11) is 2.04. The molecule has 0 atom stereocenters. The minimum absolute atomic E-state index is 0.130. The molecule has 0 unspecified atom stereocenters. The van der Waals surface area contributed by atoms with Gasteiger partial charge in [-0.15, -0.1) is 0 Å². The van der Waals surface area contributed by atoms with E-state index in [1.54, 1.807) is 6.07 Å². The van der Waals surface area contributed by atoms with Crippen LogP contribution in [0.2, 0.25) is 0 Å². The molecule has 3 aromatic heterocycles. The average molecular weight is 574 g/mol. The van der Waals surface area contributed by atoms with E-state index in [1.165, 1.54) is 22.3 Å². The summed E-state index contributed by atoms with van der Waals surface area (Å²) in [6.45, 7) is 6.69. The van der Waals surface area contributed by atoms with Crippen molar-refractivity contribution in [2.45, 2.75) is 26.2 Å². The summed E-state index contributed by atoms with van der Waals surface area (Å²) < 4.78 is 27.4. The highest BCUT2D eigenvalue weighted by atomic mass is 19.1. The van der Waals surface area contributed by atoms with E-state index in [2.05, 4.69) is 103 Å². The zero-order valence-corrected chi connectivity index (χ0v) is 25.1. The molecule has 0 spiro atoms. The first-order valence-corrected chi connectivity index (χ1v) is 15.1. The van der Waals surface area contributed by atoms with Crippen LogP contribution in [0.3, 0.4) is 0 Å². The maximum atomic E-state index is 16.4. The Morgan fingerprint density at radius 3 is 2.30 bits per heavy atom. The van der Waals surface area contributed by atoms with Crippen LogP contribution in [-0.4, -0.2) is 4.57 Å². The monoisotopic (exact) mass is 573 g/mol. The van der Waals surface area contributed by atoms with Crippen molar-refractivity contribution in [1.29, 1.82) is 0 Å². The number of hydrogen-bond acceptors (Lipinski definition) is 1. The molecule has 0 amide bonds. The summed E-state index contributed by atoms with van der Waals surface area (Å²) in [5.74, 6) is -0.316. The van der Waals surface area contributed by atoms with Gasteiger partial charge in [-0.1, -0.05) is 68.4 Å². The highest BCUT2D eigenvalue weighted by Crippen LogP contribution is 2.51. The molecule has 0 fully saturated rings. The van der Waals surface area contributed by atoms with Crippen LogP contribution in [0, 0.1) is 12.7 Å². The lowest BCUT2D eigenvalue weighted by atomic mass is 9.82. The van der Waals surface area contributed by atoms with Crippen molar-refractivity contribution >= 4 is 43.7 Å². The number of aromatic nitrogens is 2. The first-order chi connectivity index (χ1) is 21.3. The Kier molecular flexibility index (Phi) is 4.98. The van der Waals surface area contributed by atoms with Gasteiger partial charge < -0.3 is 8.98 Å². The fourth-order valence-electron chi connectivity index (χ4n) is 7.68. The van der Waals surface area contributed by atoms with E-state index < -0.39 is 0 Å². The molecule has 0 saturated carbocycles. The lowest BCUT2D eigenvalue weighted by Crippen LogP contribution is -2.30. The molecule has 1 aliphatic carbocycles. The van der Waals surface area contributed by atoms with Crippen LogP contribution in [-0.2, 0) is 12.5 Å². The lowest BCUT2D eigenvalue weighted by Gasteiger charge is -2.21. The fraction of sp³-hybridized carbons (Fsp3) is 0.125. The normalized spacial score (nSPS) is 13.8. The van der Waals surface area contributed by atoms with Crippen molar-refractivity contribution in [3.8, 4) is 28.1 Å². The van der Waals surface area contributed by atoms with Crippen molar-refractivity contribution < 1.29 is 13.4 Å². The van der Waals surface area contributed by atoms with E-state index >= 15 is 4.39 Å². The second kappa shape index (κ2) is 8.67. The van der Waals surface area contributed by atoms with Crippen LogP contribution < -0.4 is 4.57 Å². The van der Waals surface area contributed by atoms with E-state index in [9.17, 15) is 0 Å². The van der Waals surface area contributed by atoms with Gasteiger partial charge in [0, 0.05) is 39.1 Å². The van der Waals surface area contributed by atoms with Crippen LogP contribution in [0.25, 0.3) is 71.8 Å². The van der Waals surface area contributed by atoms with Crippen molar-refractivity contribution in [3.05, 3.63) is 132 Å².